The summed E-state index contributed by atoms with van der Waals surface area (Å²) in [5, 5.41) is 14.9. The predicted molar refractivity (Wildman–Crippen MR) is 118 cm³/mol. The van der Waals surface area contributed by atoms with Crippen molar-refractivity contribution in [3.63, 3.8) is 0 Å². The number of likely N-dealkylation sites (tertiary alicyclic amines) is 1. The number of amides is 3. The van der Waals surface area contributed by atoms with Crippen LogP contribution >= 0.6 is 11.8 Å². The van der Waals surface area contributed by atoms with Crippen LogP contribution in [0.3, 0.4) is 0 Å². The number of unbranched alkanes of at least 4 members (excludes halogenated alkanes) is 3. The van der Waals surface area contributed by atoms with Gasteiger partial charge in [0.15, 0.2) is 0 Å². The lowest BCUT2D eigenvalue weighted by Gasteiger charge is -2.36. The van der Waals surface area contributed by atoms with Crippen LogP contribution in [0.1, 0.15) is 66.2 Å². The molecule has 3 N–H and O–H groups in total. The maximum absolute atomic E-state index is 13.7. The Balaban J connectivity index is 1.92. The molecular formula is C22H37N3O4S. The summed E-state index contributed by atoms with van der Waals surface area (Å²) in [7, 11) is 1.62. The molecule has 8 heteroatoms. The zero-order chi connectivity index (χ0) is 22.3. The smallest absolute Gasteiger partial charge is 0.244 e. The van der Waals surface area contributed by atoms with Crippen LogP contribution in [0, 0.1) is 11.8 Å². The summed E-state index contributed by atoms with van der Waals surface area (Å²) in [6.45, 7) is 8.61. The molecule has 0 aliphatic carbocycles. The third-order valence-corrected chi connectivity index (χ3v) is 8.84. The summed E-state index contributed by atoms with van der Waals surface area (Å²) >= 11 is 1.70. The first-order valence-electron chi connectivity index (χ1n) is 11.2. The highest BCUT2D eigenvalue weighted by Crippen LogP contribution is 2.71. The summed E-state index contributed by atoms with van der Waals surface area (Å²) in [4.78, 5) is 41.7. The lowest BCUT2D eigenvalue weighted by Crippen LogP contribution is -2.57. The van der Waals surface area contributed by atoms with E-state index in [1.54, 1.807) is 23.7 Å². The number of nitrogens with zero attached hydrogens (tertiary/aromatic N) is 1. The second kappa shape index (κ2) is 8.34. The van der Waals surface area contributed by atoms with Crippen LogP contribution in [0.25, 0.3) is 0 Å². The monoisotopic (exact) mass is 439 g/mol. The van der Waals surface area contributed by atoms with Crippen LogP contribution < -0.4 is 10.6 Å². The molecule has 3 aliphatic rings. The minimum absolute atomic E-state index is 0.0456. The molecule has 0 radical (unpaired) electrons. The first kappa shape index (κ1) is 23.4. The molecule has 5 atom stereocenters. The van der Waals surface area contributed by atoms with E-state index in [2.05, 4.69) is 17.6 Å². The van der Waals surface area contributed by atoms with E-state index in [1.165, 1.54) is 0 Å². The molecule has 0 aromatic rings. The molecule has 7 nitrogen and oxygen atoms in total. The Morgan fingerprint density at radius 2 is 1.83 bits per heavy atom. The van der Waals surface area contributed by atoms with Crippen molar-refractivity contribution in [2.45, 2.75) is 87.3 Å². The Bertz CT molecular complexity index is 709. The minimum Gasteiger partial charge on any atom is -0.396 e. The van der Waals surface area contributed by atoms with Crippen LogP contribution in [0.5, 0.6) is 0 Å². The van der Waals surface area contributed by atoms with Crippen molar-refractivity contribution in [1.82, 2.24) is 15.5 Å². The summed E-state index contributed by atoms with van der Waals surface area (Å²) < 4.78 is -0.850. The Morgan fingerprint density at radius 3 is 2.43 bits per heavy atom. The second-order valence-corrected chi connectivity index (χ2v) is 12.1. The van der Waals surface area contributed by atoms with Gasteiger partial charge in [-0.15, -0.1) is 11.8 Å². The molecule has 3 heterocycles. The van der Waals surface area contributed by atoms with E-state index in [0.717, 1.165) is 38.5 Å². The van der Waals surface area contributed by atoms with Gasteiger partial charge in [-0.2, -0.15) is 0 Å². The summed E-state index contributed by atoms with van der Waals surface area (Å²) in [6.07, 6.45) is 4.96. The van der Waals surface area contributed by atoms with Gasteiger partial charge in [0, 0.05) is 30.5 Å². The van der Waals surface area contributed by atoms with Crippen molar-refractivity contribution < 1.29 is 19.5 Å². The molecule has 0 aromatic heterocycles. The molecule has 170 valence electrons. The highest BCUT2D eigenvalue weighted by molar-refractivity contribution is 8.02. The summed E-state index contributed by atoms with van der Waals surface area (Å²) in [5.41, 5.74) is -0.396. The predicted octanol–water partition coefficient (Wildman–Crippen LogP) is 1.68. The van der Waals surface area contributed by atoms with Gasteiger partial charge >= 0.3 is 0 Å². The molecule has 30 heavy (non-hydrogen) atoms. The molecule has 3 rings (SSSR count). The second-order valence-electron chi connectivity index (χ2n) is 10.3. The fourth-order valence-corrected chi connectivity index (χ4v) is 8.06. The zero-order valence-corrected chi connectivity index (χ0v) is 19.7. The molecule has 1 spiro atoms. The standard InChI is InChI=1S/C22H37N3O4S/c1-20(2,3)24-18(28)16-22-11-10-21(4,30-22)14(17(27)23-5)15(22)19(29)25(16)12-8-6-7-9-13-26/h14-16,26H,6-13H2,1-5H3,(H,23,27)(H,24,28)/t14-,15+,16?,21+,22?/m1/s1. The normalized spacial score (nSPS) is 34.9. The minimum atomic E-state index is -0.548. The van der Waals surface area contributed by atoms with Crippen molar-refractivity contribution >= 4 is 29.5 Å². The van der Waals surface area contributed by atoms with Gasteiger partial charge < -0.3 is 20.6 Å². The molecule has 3 aliphatic heterocycles. The maximum atomic E-state index is 13.7. The fraction of sp³-hybridized carbons (Fsp3) is 0.864. The van der Waals surface area contributed by atoms with Gasteiger partial charge in [-0.1, -0.05) is 12.8 Å². The molecular weight excluding hydrogens is 402 g/mol. The van der Waals surface area contributed by atoms with E-state index < -0.39 is 28.2 Å². The first-order valence-corrected chi connectivity index (χ1v) is 12.0. The summed E-state index contributed by atoms with van der Waals surface area (Å²) in [6, 6.07) is -0.548. The number of aliphatic hydroxyl groups is 1. The van der Waals surface area contributed by atoms with Crippen LogP contribution in [0.2, 0.25) is 0 Å². The molecule has 2 unspecified atom stereocenters. The zero-order valence-electron chi connectivity index (χ0n) is 18.9. The topological polar surface area (TPSA) is 98.7 Å². The number of nitrogens with one attached hydrogen (secondary N) is 2. The van der Waals surface area contributed by atoms with Crippen LogP contribution in [-0.4, -0.2) is 69.0 Å². The number of aliphatic hydroxyl groups excluding tert-OH is 1. The molecule has 0 saturated carbocycles. The Labute approximate surface area is 184 Å². The highest BCUT2D eigenvalue weighted by Gasteiger charge is 2.76. The van der Waals surface area contributed by atoms with E-state index >= 15 is 0 Å². The number of fused-ring (bicyclic) bond motifs is 1. The quantitative estimate of drug-likeness (QED) is 0.500. The molecule has 3 amide bonds. The Hall–Kier alpha value is -1.28. The van der Waals surface area contributed by atoms with Gasteiger partial charge in [0.25, 0.3) is 0 Å². The third kappa shape index (κ3) is 3.85. The molecule has 0 aromatic carbocycles. The number of carbonyl (C=O) groups excluding carboxylic acids is 3. The number of hydrogen-bond donors (Lipinski definition) is 3. The van der Waals surface area contributed by atoms with Gasteiger partial charge in [0.05, 0.1) is 16.6 Å². The van der Waals surface area contributed by atoms with Gasteiger partial charge in [-0.25, -0.2) is 0 Å². The fourth-order valence-electron chi connectivity index (χ4n) is 5.71. The lowest BCUT2D eigenvalue weighted by molar-refractivity contribution is -0.140. The van der Waals surface area contributed by atoms with Crippen LogP contribution in [-0.2, 0) is 14.4 Å². The van der Waals surface area contributed by atoms with E-state index in [9.17, 15) is 14.4 Å². The van der Waals surface area contributed by atoms with Gasteiger partial charge in [0.2, 0.25) is 17.7 Å². The van der Waals surface area contributed by atoms with Gasteiger partial charge in [-0.3, -0.25) is 14.4 Å². The Kier molecular flexibility index (Phi) is 6.50. The van der Waals surface area contributed by atoms with Gasteiger partial charge in [0.1, 0.15) is 6.04 Å². The largest absolute Gasteiger partial charge is 0.396 e. The third-order valence-electron chi connectivity index (χ3n) is 6.86. The van der Waals surface area contributed by atoms with Crippen molar-refractivity contribution in [1.29, 1.82) is 0 Å². The Morgan fingerprint density at radius 1 is 1.17 bits per heavy atom. The molecule has 3 fully saturated rings. The van der Waals surface area contributed by atoms with Crippen molar-refractivity contribution in [2.24, 2.45) is 11.8 Å². The van der Waals surface area contributed by atoms with E-state index in [0.29, 0.717) is 6.54 Å². The van der Waals surface area contributed by atoms with Crippen molar-refractivity contribution in [2.75, 3.05) is 20.2 Å². The SMILES string of the molecule is CNC(=O)[C@H]1[C@H]2C(=O)N(CCCCCCO)C(C(=O)NC(C)(C)C)C23CC[C@]1(C)S3. The van der Waals surface area contributed by atoms with Crippen LogP contribution in [0.4, 0.5) is 0 Å². The average molecular weight is 440 g/mol. The number of thioether (sulfide) groups is 1. The summed E-state index contributed by atoms with van der Waals surface area (Å²) in [5.74, 6) is -1.10. The van der Waals surface area contributed by atoms with Gasteiger partial charge in [-0.05, 0) is 53.4 Å². The lowest BCUT2D eigenvalue weighted by atomic mass is 9.66. The van der Waals surface area contributed by atoms with E-state index in [-0.39, 0.29) is 29.1 Å². The first-order chi connectivity index (χ1) is 14.0. The van der Waals surface area contributed by atoms with Crippen molar-refractivity contribution in [3.05, 3.63) is 0 Å². The van der Waals surface area contributed by atoms with E-state index in [4.69, 9.17) is 5.11 Å². The maximum Gasteiger partial charge on any atom is 0.244 e. The average Bonchev–Trinajstić information content (AvgIpc) is 3.21. The molecule has 3 saturated heterocycles. The number of hydrogen-bond acceptors (Lipinski definition) is 5. The highest BCUT2D eigenvalue weighted by atomic mass is 32.2. The number of rotatable bonds is 8. The van der Waals surface area contributed by atoms with Crippen LogP contribution in [0.15, 0.2) is 0 Å². The van der Waals surface area contributed by atoms with E-state index in [1.807, 2.05) is 20.8 Å². The number of carbonyl (C=O) groups is 3. The molecule has 2 bridgehead atoms. The van der Waals surface area contributed by atoms with Crippen molar-refractivity contribution in [3.8, 4) is 0 Å².